The summed E-state index contributed by atoms with van der Waals surface area (Å²) >= 11 is 0. The zero-order chi connectivity index (χ0) is 14.5. The van der Waals surface area contributed by atoms with Gasteiger partial charge < -0.3 is 14.6 Å². The van der Waals surface area contributed by atoms with Gasteiger partial charge in [0.25, 0.3) is 0 Å². The van der Waals surface area contributed by atoms with Crippen LogP contribution in [-0.4, -0.2) is 47.9 Å². The van der Waals surface area contributed by atoms with Crippen molar-refractivity contribution in [2.75, 3.05) is 27.3 Å². The van der Waals surface area contributed by atoms with Gasteiger partial charge in [-0.1, -0.05) is 6.92 Å². The Morgan fingerprint density at radius 1 is 1.32 bits per heavy atom. The Bertz CT molecular complexity index is 402. The summed E-state index contributed by atoms with van der Waals surface area (Å²) < 4.78 is 10.6. The number of likely N-dealkylation sites (N-methyl/N-ethyl adjacent to an activating group) is 1. The molecule has 0 amide bonds. The van der Waals surface area contributed by atoms with Gasteiger partial charge in [-0.25, -0.2) is 0 Å². The van der Waals surface area contributed by atoms with Gasteiger partial charge in [0.15, 0.2) is 11.5 Å². The zero-order valence-corrected chi connectivity index (χ0v) is 12.4. The number of ether oxygens (including phenoxy) is 2. The molecule has 5 heteroatoms. The molecule has 108 valence electrons. The van der Waals surface area contributed by atoms with Crippen LogP contribution in [0.1, 0.15) is 26.5 Å². The number of methoxy groups -OCH3 is 2. The molecule has 0 saturated carbocycles. The molecule has 0 fully saturated rings. The summed E-state index contributed by atoms with van der Waals surface area (Å²) in [6, 6.07) is 1.77. The first-order valence-corrected chi connectivity index (χ1v) is 6.42. The molecule has 0 radical (unpaired) electrons. The van der Waals surface area contributed by atoms with Crippen molar-refractivity contribution in [1.82, 2.24) is 9.88 Å². The first-order chi connectivity index (χ1) is 8.91. The second-order valence-corrected chi connectivity index (χ2v) is 5.11. The minimum atomic E-state index is -0.734. The molecule has 1 heterocycles. The summed E-state index contributed by atoms with van der Waals surface area (Å²) in [7, 11) is 3.21. The Balaban J connectivity index is 2.91. The van der Waals surface area contributed by atoms with E-state index in [0.29, 0.717) is 24.6 Å². The van der Waals surface area contributed by atoms with Gasteiger partial charge in [-0.3, -0.25) is 9.88 Å². The van der Waals surface area contributed by atoms with Crippen molar-refractivity contribution in [1.29, 1.82) is 0 Å². The Kier molecular flexibility index (Phi) is 5.57. The standard InChI is InChI=1S/C14H24N2O3/c1-6-16(10-14(2,3)17)9-11-13(19-5)12(18-4)7-8-15-11/h7-8,17H,6,9-10H2,1-5H3. The molecule has 0 saturated heterocycles. The van der Waals surface area contributed by atoms with Crippen LogP contribution >= 0.6 is 0 Å². The van der Waals surface area contributed by atoms with Gasteiger partial charge in [0.1, 0.15) is 5.69 Å². The van der Waals surface area contributed by atoms with Gasteiger partial charge in [0, 0.05) is 25.4 Å². The number of aromatic nitrogens is 1. The van der Waals surface area contributed by atoms with Crippen LogP contribution < -0.4 is 9.47 Å². The van der Waals surface area contributed by atoms with Gasteiger partial charge in [0.05, 0.1) is 19.8 Å². The van der Waals surface area contributed by atoms with Crippen LogP contribution in [0.15, 0.2) is 12.3 Å². The number of nitrogens with zero attached hydrogens (tertiary/aromatic N) is 2. The van der Waals surface area contributed by atoms with E-state index in [2.05, 4.69) is 16.8 Å². The molecule has 0 aromatic carbocycles. The fourth-order valence-electron chi connectivity index (χ4n) is 2.00. The van der Waals surface area contributed by atoms with Crippen molar-refractivity contribution < 1.29 is 14.6 Å². The molecule has 0 spiro atoms. The molecule has 1 aromatic rings. The summed E-state index contributed by atoms with van der Waals surface area (Å²) in [5, 5.41) is 9.91. The third-order valence-corrected chi connectivity index (χ3v) is 2.80. The summed E-state index contributed by atoms with van der Waals surface area (Å²) in [6.45, 7) is 7.66. The molecule has 19 heavy (non-hydrogen) atoms. The number of hydrogen-bond acceptors (Lipinski definition) is 5. The number of rotatable bonds is 7. The maximum absolute atomic E-state index is 9.91. The third kappa shape index (κ3) is 4.69. The normalized spacial score (nSPS) is 11.7. The molecule has 0 aliphatic rings. The van der Waals surface area contributed by atoms with Crippen molar-refractivity contribution in [2.24, 2.45) is 0 Å². The molecule has 0 bridgehead atoms. The molecule has 0 aliphatic carbocycles. The minimum Gasteiger partial charge on any atom is -0.493 e. The van der Waals surface area contributed by atoms with Crippen LogP contribution in [0.5, 0.6) is 11.5 Å². The van der Waals surface area contributed by atoms with E-state index in [0.717, 1.165) is 12.2 Å². The average Bonchev–Trinajstić information content (AvgIpc) is 2.35. The molecular formula is C14H24N2O3. The maximum Gasteiger partial charge on any atom is 0.183 e. The average molecular weight is 268 g/mol. The summed E-state index contributed by atoms with van der Waals surface area (Å²) in [5.74, 6) is 1.33. The summed E-state index contributed by atoms with van der Waals surface area (Å²) in [4.78, 5) is 6.46. The van der Waals surface area contributed by atoms with Gasteiger partial charge in [-0.2, -0.15) is 0 Å². The largest absolute Gasteiger partial charge is 0.493 e. The van der Waals surface area contributed by atoms with Gasteiger partial charge in [-0.15, -0.1) is 0 Å². The van der Waals surface area contributed by atoms with Crippen molar-refractivity contribution >= 4 is 0 Å². The lowest BCUT2D eigenvalue weighted by Crippen LogP contribution is -2.38. The Labute approximate surface area is 115 Å². The van der Waals surface area contributed by atoms with Gasteiger partial charge >= 0.3 is 0 Å². The number of aliphatic hydroxyl groups is 1. The molecule has 0 atom stereocenters. The van der Waals surface area contributed by atoms with Gasteiger partial charge in [-0.05, 0) is 20.4 Å². The van der Waals surface area contributed by atoms with E-state index >= 15 is 0 Å². The zero-order valence-electron chi connectivity index (χ0n) is 12.4. The smallest absolute Gasteiger partial charge is 0.183 e. The van der Waals surface area contributed by atoms with Crippen molar-refractivity contribution in [2.45, 2.75) is 32.9 Å². The molecular weight excluding hydrogens is 244 g/mol. The van der Waals surface area contributed by atoms with E-state index in [1.165, 1.54) is 0 Å². The van der Waals surface area contributed by atoms with E-state index in [9.17, 15) is 5.11 Å². The van der Waals surface area contributed by atoms with E-state index in [1.807, 2.05) is 0 Å². The lowest BCUT2D eigenvalue weighted by atomic mass is 10.1. The quantitative estimate of drug-likeness (QED) is 0.815. The second kappa shape index (κ2) is 6.73. The molecule has 1 aromatic heterocycles. The molecule has 0 unspecified atom stereocenters. The molecule has 0 aliphatic heterocycles. The number of pyridine rings is 1. The highest BCUT2D eigenvalue weighted by atomic mass is 16.5. The first kappa shape index (κ1) is 15.7. The Hall–Kier alpha value is -1.33. The molecule has 5 nitrogen and oxygen atoms in total. The van der Waals surface area contributed by atoms with Crippen LogP contribution in [-0.2, 0) is 6.54 Å². The van der Waals surface area contributed by atoms with Gasteiger partial charge in [0.2, 0.25) is 0 Å². The monoisotopic (exact) mass is 268 g/mol. The fraction of sp³-hybridized carbons (Fsp3) is 0.643. The van der Waals surface area contributed by atoms with E-state index in [-0.39, 0.29) is 0 Å². The van der Waals surface area contributed by atoms with Crippen molar-refractivity contribution in [3.05, 3.63) is 18.0 Å². The lowest BCUT2D eigenvalue weighted by Gasteiger charge is -2.28. The molecule has 1 rings (SSSR count). The van der Waals surface area contributed by atoms with Crippen LogP contribution in [0.3, 0.4) is 0 Å². The Morgan fingerprint density at radius 3 is 2.47 bits per heavy atom. The summed E-state index contributed by atoms with van der Waals surface area (Å²) in [5.41, 5.74) is 0.0789. The van der Waals surface area contributed by atoms with Crippen LogP contribution in [0.4, 0.5) is 0 Å². The number of hydrogen-bond donors (Lipinski definition) is 1. The third-order valence-electron chi connectivity index (χ3n) is 2.80. The Morgan fingerprint density at radius 2 is 2.00 bits per heavy atom. The van der Waals surface area contributed by atoms with E-state index in [4.69, 9.17) is 9.47 Å². The molecule has 1 N–H and O–H groups in total. The van der Waals surface area contributed by atoms with Crippen molar-refractivity contribution in [3.8, 4) is 11.5 Å². The lowest BCUT2D eigenvalue weighted by molar-refractivity contribution is 0.0347. The topological polar surface area (TPSA) is 54.8 Å². The maximum atomic E-state index is 9.91. The fourth-order valence-corrected chi connectivity index (χ4v) is 2.00. The minimum absolute atomic E-state index is 0.575. The van der Waals surface area contributed by atoms with Crippen LogP contribution in [0.25, 0.3) is 0 Å². The predicted octanol–water partition coefficient (Wildman–Crippen LogP) is 1.69. The highest BCUT2D eigenvalue weighted by molar-refractivity contribution is 5.42. The highest BCUT2D eigenvalue weighted by Crippen LogP contribution is 2.29. The highest BCUT2D eigenvalue weighted by Gasteiger charge is 2.20. The predicted molar refractivity (Wildman–Crippen MR) is 74.6 cm³/mol. The van der Waals surface area contributed by atoms with E-state index < -0.39 is 5.60 Å². The van der Waals surface area contributed by atoms with Crippen LogP contribution in [0, 0.1) is 0 Å². The summed E-state index contributed by atoms with van der Waals surface area (Å²) in [6.07, 6.45) is 1.70. The van der Waals surface area contributed by atoms with Crippen LogP contribution in [0.2, 0.25) is 0 Å². The van der Waals surface area contributed by atoms with E-state index in [1.54, 1.807) is 40.3 Å². The SMILES string of the molecule is CCN(Cc1nccc(OC)c1OC)CC(C)(C)O. The van der Waals surface area contributed by atoms with Crippen molar-refractivity contribution in [3.63, 3.8) is 0 Å². The second-order valence-electron chi connectivity index (χ2n) is 5.11. The first-order valence-electron chi connectivity index (χ1n) is 6.42.